The van der Waals surface area contributed by atoms with Crippen LogP contribution in [0.3, 0.4) is 0 Å². The van der Waals surface area contributed by atoms with Crippen LogP contribution in [0.4, 0.5) is 5.69 Å². The van der Waals surface area contributed by atoms with Crippen molar-refractivity contribution < 1.29 is 9.00 Å². The molecule has 1 amide bonds. The van der Waals surface area contributed by atoms with Gasteiger partial charge in [-0.05, 0) is 43.5 Å². The average Bonchev–Trinajstić information content (AvgIpc) is 3.18. The molecule has 1 aliphatic rings. The molecule has 1 atom stereocenters. The molecule has 0 bridgehead atoms. The Labute approximate surface area is 214 Å². The molecule has 1 heterocycles. The summed E-state index contributed by atoms with van der Waals surface area (Å²) in [6.45, 7) is 5.58. The molecule has 4 nitrogen and oxygen atoms in total. The lowest BCUT2D eigenvalue weighted by molar-refractivity contribution is -0.113. The molecule has 0 saturated heterocycles. The quantitative estimate of drug-likeness (QED) is 0.308. The van der Waals surface area contributed by atoms with E-state index in [2.05, 4.69) is 40.8 Å². The molecular weight excluding hydrogens is 464 g/mol. The van der Waals surface area contributed by atoms with Crippen LogP contribution >= 0.6 is 0 Å². The molecule has 0 N–H and O–H groups in total. The van der Waals surface area contributed by atoms with E-state index in [9.17, 15) is 9.00 Å². The average molecular weight is 493 g/mol. The molecule has 36 heavy (non-hydrogen) atoms. The van der Waals surface area contributed by atoms with Gasteiger partial charge in [0.2, 0.25) is 0 Å². The fourth-order valence-electron chi connectivity index (χ4n) is 4.77. The molecule has 180 valence electrons. The van der Waals surface area contributed by atoms with Gasteiger partial charge in [-0.2, -0.15) is 4.40 Å². The number of anilines is 1. The van der Waals surface area contributed by atoms with E-state index in [4.69, 9.17) is 0 Å². The second-order valence-electron chi connectivity index (χ2n) is 9.77. The van der Waals surface area contributed by atoms with Gasteiger partial charge in [-0.3, -0.25) is 9.69 Å². The first kappa shape index (κ1) is 23.9. The molecule has 5 rings (SSSR count). The summed E-state index contributed by atoms with van der Waals surface area (Å²) in [6, 6.07) is 37.8. The number of nitrogens with zero attached hydrogens (tertiary/aromatic N) is 2. The van der Waals surface area contributed by atoms with Crippen LogP contribution in [0.15, 0.2) is 120 Å². The Morgan fingerprint density at radius 3 is 1.50 bits per heavy atom. The summed E-state index contributed by atoms with van der Waals surface area (Å²) in [7, 11) is -1.59. The number of amides is 1. The van der Waals surface area contributed by atoms with Gasteiger partial charge in [-0.15, -0.1) is 0 Å². The zero-order chi connectivity index (χ0) is 25.3. The third-order valence-electron chi connectivity index (χ3n) is 6.41. The van der Waals surface area contributed by atoms with Crippen LogP contribution in [0.5, 0.6) is 0 Å². The van der Waals surface area contributed by atoms with Crippen LogP contribution < -0.4 is 4.90 Å². The third kappa shape index (κ3) is 3.90. The number of hydrogen-bond acceptors (Lipinski definition) is 2. The molecule has 0 aliphatic carbocycles. The van der Waals surface area contributed by atoms with Crippen molar-refractivity contribution in [3.05, 3.63) is 138 Å². The van der Waals surface area contributed by atoms with E-state index >= 15 is 0 Å². The molecule has 0 aromatic heterocycles. The molecule has 0 saturated carbocycles. The number of fused-ring (bicyclic) bond motifs is 1. The maximum atomic E-state index is 14.5. The minimum Gasteiger partial charge on any atom is -0.288 e. The predicted octanol–water partition coefficient (Wildman–Crippen LogP) is 6.28. The van der Waals surface area contributed by atoms with Crippen molar-refractivity contribution in [1.82, 2.24) is 0 Å². The lowest BCUT2D eigenvalue weighted by Crippen LogP contribution is -2.51. The van der Waals surface area contributed by atoms with Crippen molar-refractivity contribution in [1.29, 1.82) is 0 Å². The van der Waals surface area contributed by atoms with Crippen molar-refractivity contribution in [2.75, 3.05) is 4.90 Å². The van der Waals surface area contributed by atoms with Crippen LogP contribution in [0, 0.1) is 0 Å². The highest BCUT2D eigenvalue weighted by Crippen LogP contribution is 2.48. The van der Waals surface area contributed by atoms with Crippen molar-refractivity contribution >= 4 is 28.3 Å². The van der Waals surface area contributed by atoms with Crippen LogP contribution in [-0.4, -0.2) is 20.6 Å². The van der Waals surface area contributed by atoms with Crippen molar-refractivity contribution in [3.63, 3.8) is 0 Å². The van der Waals surface area contributed by atoms with E-state index in [0.717, 1.165) is 22.4 Å². The molecule has 1 aliphatic heterocycles. The van der Waals surface area contributed by atoms with Crippen molar-refractivity contribution in [3.8, 4) is 0 Å². The topological polar surface area (TPSA) is 49.7 Å². The largest absolute Gasteiger partial charge is 0.288 e. The molecule has 5 heteroatoms. The smallest absolute Gasteiger partial charge is 0.279 e. The number of benzene rings is 4. The van der Waals surface area contributed by atoms with E-state index in [1.54, 1.807) is 0 Å². The van der Waals surface area contributed by atoms with E-state index in [0.29, 0.717) is 5.56 Å². The van der Waals surface area contributed by atoms with E-state index in [1.165, 1.54) is 0 Å². The number of hydrogen-bond donors (Lipinski definition) is 0. The first-order valence-corrected chi connectivity index (χ1v) is 13.1. The van der Waals surface area contributed by atoms with Crippen molar-refractivity contribution in [2.45, 2.75) is 31.1 Å². The fraction of sp³-hybridized carbons (Fsp3) is 0.161. The number of carbonyl (C=O) groups is 1. The molecule has 0 radical (unpaired) electrons. The molecule has 0 unspecified atom stereocenters. The second-order valence-corrected chi connectivity index (χ2v) is 11.7. The highest BCUT2D eigenvalue weighted by atomic mass is 32.2. The zero-order valence-electron chi connectivity index (χ0n) is 20.6. The zero-order valence-corrected chi connectivity index (χ0v) is 21.4. The van der Waals surface area contributed by atoms with Gasteiger partial charge in [-0.1, -0.05) is 109 Å². The van der Waals surface area contributed by atoms with E-state index in [1.807, 2.05) is 105 Å². The fourth-order valence-corrected chi connectivity index (χ4v) is 5.38. The lowest BCUT2D eigenvalue weighted by atomic mass is 9.75. The molecular formula is C31H28N2O2S. The van der Waals surface area contributed by atoms with Gasteiger partial charge >= 0.3 is 0 Å². The number of carbonyl (C=O) groups excluding carboxylic acids is 1. The lowest BCUT2D eigenvalue weighted by Gasteiger charge is -2.43. The van der Waals surface area contributed by atoms with E-state index in [-0.39, 0.29) is 11.6 Å². The van der Waals surface area contributed by atoms with E-state index < -0.39 is 21.3 Å². The molecule has 4 aromatic carbocycles. The molecule has 0 spiro atoms. The summed E-state index contributed by atoms with van der Waals surface area (Å²) >= 11 is 0. The first-order chi connectivity index (χ1) is 17.3. The standard InChI is InChI=1S/C31H28N2O2S/c1-30(2,3)36(35)32-28-26-21-13-14-22-27(26)33(29(28)34)31(23-15-7-4-8-16-23,24-17-9-5-10-18-24)25-19-11-6-12-20-25/h4-22H,1-3H3/b32-28-/t36-/m1/s1. The SMILES string of the molecule is CC(C)(C)[S@@](=O)/N=C1\C(=O)N(C(c2ccccc2)(c2ccccc2)c2ccccc2)c2ccccc21. The van der Waals surface area contributed by atoms with Crippen LogP contribution in [0.25, 0.3) is 0 Å². The Morgan fingerprint density at radius 1 is 0.639 bits per heavy atom. The monoisotopic (exact) mass is 492 g/mol. The van der Waals surface area contributed by atoms with Gasteiger partial charge in [0.15, 0.2) is 0 Å². The number of rotatable bonds is 5. The Bertz CT molecular complexity index is 1350. The summed E-state index contributed by atoms with van der Waals surface area (Å²) in [5, 5.41) is 0. The second kappa shape index (κ2) is 9.32. The Hall–Kier alpha value is -3.83. The summed E-state index contributed by atoms with van der Waals surface area (Å²) < 4.78 is 17.0. The van der Waals surface area contributed by atoms with Crippen molar-refractivity contribution in [2.24, 2.45) is 4.40 Å². The maximum absolute atomic E-state index is 14.5. The molecule has 4 aromatic rings. The summed E-state index contributed by atoms with van der Waals surface area (Å²) in [4.78, 5) is 16.3. The van der Waals surface area contributed by atoms with Gasteiger partial charge < -0.3 is 0 Å². The highest BCUT2D eigenvalue weighted by molar-refractivity contribution is 7.85. The normalized spacial score (nSPS) is 15.7. The van der Waals surface area contributed by atoms with Gasteiger partial charge in [0.25, 0.3) is 5.91 Å². The van der Waals surface area contributed by atoms with Gasteiger partial charge in [0.1, 0.15) is 22.2 Å². The minimum absolute atomic E-state index is 0.228. The predicted molar refractivity (Wildman–Crippen MR) is 148 cm³/mol. The van der Waals surface area contributed by atoms with Crippen LogP contribution in [0.2, 0.25) is 0 Å². The highest BCUT2D eigenvalue weighted by Gasteiger charge is 2.51. The summed E-state index contributed by atoms with van der Waals surface area (Å²) in [6.07, 6.45) is 0. The van der Waals surface area contributed by atoms with Gasteiger partial charge in [0, 0.05) is 5.56 Å². The summed E-state index contributed by atoms with van der Waals surface area (Å²) in [5.41, 5.74) is 3.52. The maximum Gasteiger partial charge on any atom is 0.279 e. The third-order valence-corrected chi connectivity index (χ3v) is 7.81. The van der Waals surface area contributed by atoms with Gasteiger partial charge in [0.05, 0.1) is 10.4 Å². The van der Waals surface area contributed by atoms with Crippen LogP contribution in [0.1, 0.15) is 43.0 Å². The Kier molecular flexibility index (Phi) is 6.19. The first-order valence-electron chi connectivity index (χ1n) is 12.0. The van der Waals surface area contributed by atoms with Gasteiger partial charge in [-0.25, -0.2) is 4.21 Å². The van der Waals surface area contributed by atoms with Crippen LogP contribution in [-0.2, 0) is 21.3 Å². The summed E-state index contributed by atoms with van der Waals surface area (Å²) in [5.74, 6) is -0.273. The number of para-hydroxylation sites is 1. The Balaban J connectivity index is 1.88. The minimum atomic E-state index is -1.59. The Morgan fingerprint density at radius 2 is 1.06 bits per heavy atom. The molecule has 0 fully saturated rings.